The summed E-state index contributed by atoms with van der Waals surface area (Å²) in [5.74, 6) is 0.305. The molecule has 0 bridgehead atoms. The average Bonchev–Trinajstić information content (AvgIpc) is 2.77. The van der Waals surface area contributed by atoms with Crippen LogP contribution in [0, 0.1) is 10.1 Å². The van der Waals surface area contributed by atoms with Crippen LogP contribution >= 0.6 is 0 Å². The molecule has 0 unspecified atom stereocenters. The Balaban J connectivity index is 1.58. The van der Waals surface area contributed by atoms with E-state index < -0.39 is 5.60 Å². The van der Waals surface area contributed by atoms with Crippen molar-refractivity contribution in [2.24, 2.45) is 0 Å². The number of carbonyl (C=O) groups excluding carboxylic acids is 1. The number of anilines is 1. The summed E-state index contributed by atoms with van der Waals surface area (Å²) in [5, 5.41) is 11.4. The fourth-order valence-electron chi connectivity index (χ4n) is 4.55. The largest absolute Gasteiger partial charge is 0.490 e. The summed E-state index contributed by atoms with van der Waals surface area (Å²) in [6.07, 6.45) is 2.40. The second-order valence-electron chi connectivity index (χ2n) is 9.49. The Morgan fingerprint density at radius 1 is 1.12 bits per heavy atom. The number of nitrogens with zero attached hydrogens (tertiary/aromatic N) is 4. The van der Waals surface area contributed by atoms with Gasteiger partial charge in [0.25, 0.3) is 0 Å². The van der Waals surface area contributed by atoms with Crippen LogP contribution in [0.4, 0.5) is 16.2 Å². The van der Waals surface area contributed by atoms with Gasteiger partial charge in [0.05, 0.1) is 12.0 Å². The summed E-state index contributed by atoms with van der Waals surface area (Å²) in [5.41, 5.74) is 1.54. The van der Waals surface area contributed by atoms with Crippen LogP contribution in [0.15, 0.2) is 12.1 Å². The molecule has 1 aromatic rings. The molecule has 0 aliphatic carbocycles. The fraction of sp³-hybridized carbons (Fsp3) is 0.696. The Kier molecular flexibility index (Phi) is 7.48. The molecule has 9 heteroatoms. The molecule has 2 heterocycles. The second kappa shape index (κ2) is 9.94. The summed E-state index contributed by atoms with van der Waals surface area (Å²) >= 11 is 0. The quantitative estimate of drug-likeness (QED) is 0.501. The molecule has 0 N–H and O–H groups in total. The number of hydrogen-bond donors (Lipinski definition) is 0. The lowest BCUT2D eigenvalue weighted by Gasteiger charge is -2.43. The topological polar surface area (TPSA) is 88.4 Å². The van der Waals surface area contributed by atoms with Gasteiger partial charge in [-0.2, -0.15) is 0 Å². The van der Waals surface area contributed by atoms with E-state index in [2.05, 4.69) is 9.80 Å². The Morgan fingerprint density at radius 2 is 1.75 bits per heavy atom. The van der Waals surface area contributed by atoms with Gasteiger partial charge in [0.1, 0.15) is 5.60 Å². The highest BCUT2D eigenvalue weighted by atomic mass is 16.6. The number of piperidine rings is 1. The summed E-state index contributed by atoms with van der Waals surface area (Å²) in [7, 11) is 1.47. The maximum Gasteiger partial charge on any atom is 0.410 e. The third-order valence-electron chi connectivity index (χ3n) is 6.25. The van der Waals surface area contributed by atoms with E-state index in [4.69, 9.17) is 9.47 Å². The van der Waals surface area contributed by atoms with Crippen molar-refractivity contribution in [1.29, 1.82) is 0 Å². The fourth-order valence-corrected chi connectivity index (χ4v) is 4.55. The molecule has 2 aliphatic heterocycles. The van der Waals surface area contributed by atoms with Crippen LogP contribution in [0.25, 0.3) is 0 Å². The number of ether oxygens (including phenoxy) is 2. The summed E-state index contributed by atoms with van der Waals surface area (Å²) in [6.45, 7) is 12.7. The first-order chi connectivity index (χ1) is 15.1. The van der Waals surface area contributed by atoms with Crippen molar-refractivity contribution >= 4 is 17.5 Å². The van der Waals surface area contributed by atoms with Crippen molar-refractivity contribution in [3.8, 4) is 5.75 Å². The van der Waals surface area contributed by atoms with Gasteiger partial charge in [0.2, 0.25) is 0 Å². The number of methoxy groups -OCH3 is 1. The lowest BCUT2D eigenvalue weighted by Crippen LogP contribution is -2.54. The van der Waals surface area contributed by atoms with Crippen molar-refractivity contribution in [2.45, 2.75) is 58.6 Å². The minimum absolute atomic E-state index is 0.0171. The molecule has 0 aromatic heterocycles. The van der Waals surface area contributed by atoms with Gasteiger partial charge in [-0.1, -0.05) is 6.92 Å². The molecule has 2 fully saturated rings. The Labute approximate surface area is 190 Å². The second-order valence-corrected chi connectivity index (χ2v) is 9.49. The van der Waals surface area contributed by atoms with E-state index in [0.717, 1.165) is 69.8 Å². The molecular formula is C23H36N4O5. The Hall–Kier alpha value is -2.55. The summed E-state index contributed by atoms with van der Waals surface area (Å²) < 4.78 is 10.8. The molecule has 0 spiro atoms. The smallest absolute Gasteiger partial charge is 0.410 e. The summed E-state index contributed by atoms with van der Waals surface area (Å²) in [4.78, 5) is 29.9. The highest BCUT2D eigenvalue weighted by Gasteiger charge is 2.31. The normalized spacial score (nSPS) is 18.5. The molecule has 32 heavy (non-hydrogen) atoms. The predicted molar refractivity (Wildman–Crippen MR) is 124 cm³/mol. The molecule has 1 amide bonds. The monoisotopic (exact) mass is 448 g/mol. The van der Waals surface area contributed by atoms with Crippen molar-refractivity contribution in [3.05, 3.63) is 27.8 Å². The van der Waals surface area contributed by atoms with E-state index in [1.54, 1.807) is 6.07 Å². The lowest BCUT2D eigenvalue weighted by molar-refractivity contribution is -0.385. The zero-order chi connectivity index (χ0) is 23.5. The number of nitro benzene ring substituents is 1. The number of rotatable bonds is 5. The number of piperazine rings is 1. The van der Waals surface area contributed by atoms with Gasteiger partial charge in [-0.05, 0) is 45.6 Å². The van der Waals surface area contributed by atoms with Gasteiger partial charge in [-0.15, -0.1) is 0 Å². The van der Waals surface area contributed by atoms with E-state index in [9.17, 15) is 14.9 Å². The molecular weight excluding hydrogens is 412 g/mol. The predicted octanol–water partition coefficient (Wildman–Crippen LogP) is 3.69. The number of carbonyl (C=O) groups is 1. The third kappa shape index (κ3) is 5.62. The molecule has 0 saturated carbocycles. The van der Waals surface area contributed by atoms with Crippen LogP contribution in [-0.4, -0.2) is 78.8 Å². The van der Waals surface area contributed by atoms with Gasteiger partial charge in [-0.25, -0.2) is 4.79 Å². The number of nitro groups is 1. The molecule has 3 rings (SSSR count). The summed E-state index contributed by atoms with van der Waals surface area (Å²) in [6, 6.07) is 3.92. The van der Waals surface area contributed by atoms with Crippen LogP contribution in [0.3, 0.4) is 0 Å². The van der Waals surface area contributed by atoms with E-state index in [1.807, 2.05) is 38.7 Å². The SMILES string of the molecule is CCc1cc([N+](=O)[O-])c(OC)cc1N1CCN(C2CCN(C(=O)OC(C)(C)C)CC2)CC1. The zero-order valence-corrected chi connectivity index (χ0v) is 19.9. The number of aryl methyl sites for hydroxylation is 1. The number of benzene rings is 1. The Morgan fingerprint density at radius 3 is 2.25 bits per heavy atom. The number of amides is 1. The average molecular weight is 449 g/mol. The van der Waals surface area contributed by atoms with Crippen LogP contribution in [0.5, 0.6) is 5.75 Å². The van der Waals surface area contributed by atoms with Crippen molar-refractivity contribution in [1.82, 2.24) is 9.80 Å². The molecule has 9 nitrogen and oxygen atoms in total. The van der Waals surface area contributed by atoms with Crippen LogP contribution in [-0.2, 0) is 11.2 Å². The first kappa shape index (κ1) is 24.1. The number of hydrogen-bond acceptors (Lipinski definition) is 7. The first-order valence-corrected chi connectivity index (χ1v) is 11.4. The van der Waals surface area contributed by atoms with Gasteiger partial charge in [0, 0.05) is 63.1 Å². The molecule has 2 aliphatic rings. The lowest BCUT2D eigenvalue weighted by atomic mass is 10.0. The maximum atomic E-state index is 12.3. The van der Waals surface area contributed by atoms with Gasteiger partial charge in [0.15, 0.2) is 5.75 Å². The van der Waals surface area contributed by atoms with E-state index in [-0.39, 0.29) is 16.7 Å². The minimum Gasteiger partial charge on any atom is -0.490 e. The molecule has 178 valence electrons. The molecule has 1 aromatic carbocycles. The van der Waals surface area contributed by atoms with Gasteiger partial charge < -0.3 is 19.3 Å². The van der Waals surface area contributed by atoms with Crippen LogP contribution in [0.2, 0.25) is 0 Å². The number of likely N-dealkylation sites (tertiary alicyclic amines) is 1. The Bertz CT molecular complexity index is 822. The minimum atomic E-state index is -0.470. The first-order valence-electron chi connectivity index (χ1n) is 11.4. The van der Waals surface area contributed by atoms with Crippen molar-refractivity contribution in [3.63, 3.8) is 0 Å². The van der Waals surface area contributed by atoms with E-state index >= 15 is 0 Å². The maximum absolute atomic E-state index is 12.3. The van der Waals surface area contributed by atoms with Crippen molar-refractivity contribution < 1.29 is 19.2 Å². The highest BCUT2D eigenvalue weighted by Crippen LogP contribution is 2.36. The van der Waals surface area contributed by atoms with E-state index in [0.29, 0.717) is 11.8 Å². The van der Waals surface area contributed by atoms with Crippen LogP contribution < -0.4 is 9.64 Å². The zero-order valence-electron chi connectivity index (χ0n) is 19.9. The molecule has 2 saturated heterocycles. The van der Waals surface area contributed by atoms with Gasteiger partial charge >= 0.3 is 11.8 Å². The van der Waals surface area contributed by atoms with Crippen molar-refractivity contribution in [2.75, 3.05) is 51.3 Å². The molecule has 0 radical (unpaired) electrons. The van der Waals surface area contributed by atoms with E-state index in [1.165, 1.54) is 7.11 Å². The molecule has 0 atom stereocenters. The highest BCUT2D eigenvalue weighted by molar-refractivity contribution is 5.68. The standard InChI is InChI=1S/C23H36N4O5/c1-6-17-15-20(27(29)30)21(31-5)16-19(17)25-13-11-24(12-14-25)18-7-9-26(10-8-18)22(28)32-23(2,3)4/h15-16,18H,6-14H2,1-5H3. The van der Waals surface area contributed by atoms with Gasteiger partial charge in [-0.3, -0.25) is 15.0 Å². The van der Waals surface area contributed by atoms with Crippen LogP contribution in [0.1, 0.15) is 46.1 Å². The third-order valence-corrected chi connectivity index (χ3v) is 6.25.